The number of nitrogens with zero attached hydrogens (tertiary/aromatic N) is 4. The van der Waals surface area contributed by atoms with E-state index < -0.39 is 11.9 Å². The van der Waals surface area contributed by atoms with E-state index in [9.17, 15) is 13.2 Å². The van der Waals surface area contributed by atoms with E-state index in [0.29, 0.717) is 16.5 Å². The van der Waals surface area contributed by atoms with Gasteiger partial charge in [0.25, 0.3) is 0 Å². The maximum Gasteiger partial charge on any atom is 0.435 e. The number of anilines is 2. The normalized spacial score (nSPS) is 11.8. The fourth-order valence-electron chi connectivity index (χ4n) is 2.65. The Kier molecular flexibility index (Phi) is 4.60. The quantitative estimate of drug-likeness (QED) is 0.448. The first-order valence-corrected chi connectivity index (χ1v) is 8.68. The Labute approximate surface area is 166 Å². The van der Waals surface area contributed by atoms with Gasteiger partial charge >= 0.3 is 6.18 Å². The van der Waals surface area contributed by atoms with Gasteiger partial charge < -0.3 is 5.32 Å². The number of imidazole rings is 1. The van der Waals surface area contributed by atoms with E-state index in [1.54, 1.807) is 30.3 Å². The minimum absolute atomic E-state index is 0.0892. The van der Waals surface area contributed by atoms with Crippen LogP contribution in [0.3, 0.4) is 0 Å². The second-order valence-electron chi connectivity index (χ2n) is 5.78. The molecule has 3 aromatic heterocycles. The lowest BCUT2D eigenvalue weighted by Crippen LogP contribution is -2.09. The SMILES string of the molecule is FC(F)(F)c1nc2ccc(Cl)cn2c1-c1nccc(Nc2ccc(Cl)cc2)n1. The van der Waals surface area contributed by atoms with E-state index in [2.05, 4.69) is 20.3 Å². The lowest BCUT2D eigenvalue weighted by Gasteiger charge is -2.09. The summed E-state index contributed by atoms with van der Waals surface area (Å²) < 4.78 is 41.9. The number of fused-ring (bicyclic) bond motifs is 1. The van der Waals surface area contributed by atoms with Gasteiger partial charge in [-0.1, -0.05) is 23.2 Å². The zero-order valence-electron chi connectivity index (χ0n) is 13.9. The van der Waals surface area contributed by atoms with Gasteiger partial charge in [-0.3, -0.25) is 4.40 Å². The van der Waals surface area contributed by atoms with Gasteiger partial charge in [0.1, 0.15) is 17.2 Å². The fourth-order valence-corrected chi connectivity index (χ4v) is 2.94. The Morgan fingerprint density at radius 3 is 2.32 bits per heavy atom. The average molecular weight is 424 g/mol. The van der Waals surface area contributed by atoms with Crippen LogP contribution in [-0.2, 0) is 6.18 Å². The Hall–Kier alpha value is -2.84. The summed E-state index contributed by atoms with van der Waals surface area (Å²) in [7, 11) is 0. The Morgan fingerprint density at radius 2 is 1.61 bits per heavy atom. The molecule has 0 amide bonds. The topological polar surface area (TPSA) is 55.1 Å². The first-order chi connectivity index (χ1) is 13.3. The molecule has 1 aromatic carbocycles. The lowest BCUT2D eigenvalue weighted by atomic mass is 10.3. The zero-order valence-corrected chi connectivity index (χ0v) is 15.4. The first kappa shape index (κ1) is 18.5. The second-order valence-corrected chi connectivity index (χ2v) is 6.65. The van der Waals surface area contributed by atoms with Crippen LogP contribution in [0.4, 0.5) is 24.7 Å². The third-order valence-electron chi connectivity index (χ3n) is 3.83. The van der Waals surface area contributed by atoms with Crippen molar-refractivity contribution < 1.29 is 13.2 Å². The van der Waals surface area contributed by atoms with Crippen molar-refractivity contribution in [1.82, 2.24) is 19.4 Å². The molecule has 0 unspecified atom stereocenters. The molecular weight excluding hydrogens is 414 g/mol. The molecule has 0 aliphatic rings. The molecule has 0 bridgehead atoms. The molecule has 0 saturated heterocycles. The van der Waals surface area contributed by atoms with Crippen molar-refractivity contribution >= 4 is 40.4 Å². The standard InChI is InChI=1S/C18H10Cl2F3N5/c19-10-1-4-12(5-2-10)25-13-7-8-24-17(26-13)15-16(18(21,22)23)27-14-6-3-11(20)9-28(14)15/h1-9H,(H,24,25,26). The van der Waals surface area contributed by atoms with Gasteiger partial charge in [-0.05, 0) is 42.5 Å². The van der Waals surface area contributed by atoms with E-state index in [-0.39, 0.29) is 22.2 Å². The van der Waals surface area contributed by atoms with Gasteiger partial charge in [-0.25, -0.2) is 15.0 Å². The number of aromatic nitrogens is 4. The van der Waals surface area contributed by atoms with Gasteiger partial charge in [0.15, 0.2) is 11.5 Å². The molecule has 0 spiro atoms. The molecule has 142 valence electrons. The molecule has 0 aliphatic carbocycles. The molecule has 0 atom stereocenters. The monoisotopic (exact) mass is 423 g/mol. The van der Waals surface area contributed by atoms with Crippen LogP contribution in [0.2, 0.25) is 10.0 Å². The van der Waals surface area contributed by atoms with E-state index in [1.807, 2.05) is 0 Å². The number of hydrogen-bond acceptors (Lipinski definition) is 4. The highest BCUT2D eigenvalue weighted by molar-refractivity contribution is 6.30. The van der Waals surface area contributed by atoms with Crippen LogP contribution >= 0.6 is 23.2 Å². The molecule has 0 fully saturated rings. The van der Waals surface area contributed by atoms with Crippen molar-refractivity contribution in [2.75, 3.05) is 5.32 Å². The number of benzene rings is 1. The molecule has 0 saturated carbocycles. The largest absolute Gasteiger partial charge is 0.435 e. The molecular formula is C18H10Cl2F3N5. The van der Waals surface area contributed by atoms with Crippen LogP contribution in [0.15, 0.2) is 54.9 Å². The maximum atomic E-state index is 13.6. The Balaban J connectivity index is 1.83. The highest BCUT2D eigenvalue weighted by atomic mass is 35.5. The van der Waals surface area contributed by atoms with Gasteiger partial charge in [-0.2, -0.15) is 13.2 Å². The van der Waals surface area contributed by atoms with Gasteiger partial charge in [0, 0.05) is 23.1 Å². The summed E-state index contributed by atoms with van der Waals surface area (Å²) in [5, 5.41) is 3.83. The molecule has 10 heteroatoms. The highest BCUT2D eigenvalue weighted by Gasteiger charge is 2.39. The zero-order chi connectivity index (χ0) is 19.9. The summed E-state index contributed by atoms with van der Waals surface area (Å²) in [6.45, 7) is 0. The first-order valence-electron chi connectivity index (χ1n) is 7.92. The molecule has 4 aromatic rings. The van der Waals surface area contributed by atoms with E-state index >= 15 is 0 Å². The average Bonchev–Trinajstić information content (AvgIpc) is 3.03. The lowest BCUT2D eigenvalue weighted by molar-refractivity contribution is -0.140. The summed E-state index contributed by atoms with van der Waals surface area (Å²) in [4.78, 5) is 11.9. The number of hydrogen-bond donors (Lipinski definition) is 1. The van der Waals surface area contributed by atoms with Gasteiger partial charge in [0.05, 0.1) is 5.02 Å². The number of rotatable bonds is 3. The van der Waals surface area contributed by atoms with Crippen LogP contribution < -0.4 is 5.32 Å². The second kappa shape index (κ2) is 6.96. The van der Waals surface area contributed by atoms with Crippen molar-refractivity contribution in [3.8, 4) is 11.5 Å². The highest BCUT2D eigenvalue weighted by Crippen LogP contribution is 2.36. The molecule has 0 aliphatic heterocycles. The fraction of sp³-hybridized carbons (Fsp3) is 0.0556. The summed E-state index contributed by atoms with van der Waals surface area (Å²) in [6.07, 6.45) is -1.97. The minimum Gasteiger partial charge on any atom is -0.340 e. The predicted molar refractivity (Wildman–Crippen MR) is 101 cm³/mol. The third kappa shape index (κ3) is 3.61. The minimum atomic E-state index is -4.68. The molecule has 28 heavy (non-hydrogen) atoms. The van der Waals surface area contributed by atoms with Crippen molar-refractivity contribution in [2.45, 2.75) is 6.18 Å². The van der Waals surface area contributed by atoms with E-state index in [4.69, 9.17) is 23.2 Å². The van der Waals surface area contributed by atoms with Crippen molar-refractivity contribution in [2.24, 2.45) is 0 Å². The van der Waals surface area contributed by atoms with Gasteiger partial charge in [-0.15, -0.1) is 0 Å². The van der Waals surface area contributed by atoms with E-state index in [1.165, 1.54) is 28.9 Å². The molecule has 3 heterocycles. The summed E-state index contributed by atoms with van der Waals surface area (Å²) >= 11 is 11.8. The predicted octanol–water partition coefficient (Wildman–Crippen LogP) is 5.86. The summed E-state index contributed by atoms with van der Waals surface area (Å²) in [6, 6.07) is 11.2. The van der Waals surface area contributed by atoms with Crippen molar-refractivity contribution in [1.29, 1.82) is 0 Å². The van der Waals surface area contributed by atoms with Crippen LogP contribution in [-0.4, -0.2) is 19.4 Å². The maximum absolute atomic E-state index is 13.6. The summed E-state index contributed by atoms with van der Waals surface area (Å²) in [5.41, 5.74) is -0.610. The van der Waals surface area contributed by atoms with E-state index in [0.717, 1.165) is 0 Å². The number of pyridine rings is 1. The van der Waals surface area contributed by atoms with Crippen LogP contribution in [0.1, 0.15) is 5.69 Å². The molecule has 1 N–H and O–H groups in total. The Morgan fingerprint density at radius 1 is 0.893 bits per heavy atom. The smallest absolute Gasteiger partial charge is 0.340 e. The van der Waals surface area contributed by atoms with Crippen LogP contribution in [0.25, 0.3) is 17.2 Å². The molecule has 4 rings (SSSR count). The molecule has 5 nitrogen and oxygen atoms in total. The third-order valence-corrected chi connectivity index (χ3v) is 4.31. The number of nitrogens with one attached hydrogen (secondary N) is 1. The Bertz CT molecular complexity index is 1160. The van der Waals surface area contributed by atoms with Crippen molar-refractivity contribution in [3.63, 3.8) is 0 Å². The summed E-state index contributed by atoms with van der Waals surface area (Å²) in [5.74, 6) is 0.179. The van der Waals surface area contributed by atoms with Gasteiger partial charge in [0.2, 0.25) is 0 Å². The van der Waals surface area contributed by atoms with Crippen LogP contribution in [0, 0.1) is 0 Å². The number of halogens is 5. The van der Waals surface area contributed by atoms with Crippen molar-refractivity contribution in [3.05, 3.63) is 70.6 Å². The molecule has 0 radical (unpaired) electrons. The van der Waals surface area contributed by atoms with Crippen LogP contribution in [0.5, 0.6) is 0 Å². The number of alkyl halides is 3.